The Kier molecular flexibility index (Phi) is 8.09. The minimum atomic E-state index is -0.234. The number of para-hydroxylation sites is 1. The van der Waals surface area contributed by atoms with Crippen LogP contribution in [0.2, 0.25) is 0 Å². The fourth-order valence-corrected chi connectivity index (χ4v) is 4.92. The van der Waals surface area contributed by atoms with E-state index in [0.29, 0.717) is 30.9 Å². The number of anilines is 1. The smallest absolute Gasteiger partial charge is 0.258 e. The van der Waals surface area contributed by atoms with Crippen molar-refractivity contribution in [3.63, 3.8) is 0 Å². The topological polar surface area (TPSA) is 85.0 Å². The van der Waals surface area contributed by atoms with Gasteiger partial charge >= 0.3 is 0 Å². The molecular formula is C30H34N6O2. The van der Waals surface area contributed by atoms with Gasteiger partial charge in [-0.1, -0.05) is 36.8 Å². The van der Waals surface area contributed by atoms with Crippen molar-refractivity contribution in [3.8, 4) is 16.8 Å². The van der Waals surface area contributed by atoms with Gasteiger partial charge in [-0.3, -0.25) is 29.1 Å². The largest absolute Gasteiger partial charge is 0.298 e. The molecule has 2 aromatic carbocycles. The minimum absolute atomic E-state index is 0.234. The number of aromatic nitrogens is 4. The molecule has 0 unspecified atom stereocenters. The zero-order valence-corrected chi connectivity index (χ0v) is 21.8. The van der Waals surface area contributed by atoms with Gasteiger partial charge in [0.15, 0.2) is 0 Å². The second kappa shape index (κ2) is 12.0. The van der Waals surface area contributed by atoms with E-state index in [1.165, 1.54) is 19.3 Å². The van der Waals surface area contributed by atoms with Crippen molar-refractivity contribution in [1.82, 2.24) is 24.2 Å². The van der Waals surface area contributed by atoms with Gasteiger partial charge in [0.25, 0.3) is 5.91 Å². The third kappa shape index (κ3) is 6.44. The minimum Gasteiger partial charge on any atom is -0.298 e. The number of aryl methyl sites for hydroxylation is 2. The van der Waals surface area contributed by atoms with Crippen molar-refractivity contribution in [2.24, 2.45) is 7.05 Å². The van der Waals surface area contributed by atoms with Crippen LogP contribution in [0.1, 0.15) is 48.2 Å². The number of carbonyl (C=O) groups excluding carboxylic acids is 2. The molecule has 3 heterocycles. The molecule has 1 N–H and O–H groups in total. The van der Waals surface area contributed by atoms with Gasteiger partial charge in [0.1, 0.15) is 5.78 Å². The summed E-state index contributed by atoms with van der Waals surface area (Å²) in [6.45, 7) is 2.61. The molecule has 0 radical (unpaired) electrons. The van der Waals surface area contributed by atoms with E-state index in [9.17, 15) is 9.59 Å². The number of ketones is 1. The van der Waals surface area contributed by atoms with Gasteiger partial charge in [-0.25, -0.2) is 4.98 Å². The maximum atomic E-state index is 13.3. The van der Waals surface area contributed by atoms with Crippen molar-refractivity contribution >= 4 is 17.6 Å². The van der Waals surface area contributed by atoms with Crippen LogP contribution in [0.4, 0.5) is 5.95 Å². The molecule has 8 heteroatoms. The number of likely N-dealkylation sites (tertiary alicyclic amines) is 1. The Labute approximate surface area is 223 Å². The van der Waals surface area contributed by atoms with Crippen LogP contribution in [0, 0.1) is 0 Å². The summed E-state index contributed by atoms with van der Waals surface area (Å²) in [6, 6.07) is 17.3. The fraction of sp³-hybridized carbons (Fsp3) is 0.333. The second-order valence-corrected chi connectivity index (χ2v) is 9.93. The van der Waals surface area contributed by atoms with Crippen molar-refractivity contribution in [2.75, 3.05) is 25.0 Å². The van der Waals surface area contributed by atoms with Gasteiger partial charge in [0.05, 0.1) is 18.4 Å². The summed E-state index contributed by atoms with van der Waals surface area (Å²) in [7, 11) is 1.87. The second-order valence-electron chi connectivity index (χ2n) is 9.93. The molecule has 8 nitrogen and oxygen atoms in total. The molecule has 0 bridgehead atoms. The van der Waals surface area contributed by atoms with Gasteiger partial charge < -0.3 is 0 Å². The lowest BCUT2D eigenvalue weighted by molar-refractivity contribution is -0.120. The van der Waals surface area contributed by atoms with Gasteiger partial charge in [-0.05, 0) is 68.6 Å². The third-order valence-electron chi connectivity index (χ3n) is 6.92. The number of amides is 1. The molecule has 0 atom stereocenters. The number of piperidine rings is 1. The molecule has 1 saturated heterocycles. The fourth-order valence-electron chi connectivity index (χ4n) is 4.92. The molecule has 0 saturated carbocycles. The summed E-state index contributed by atoms with van der Waals surface area (Å²) >= 11 is 0. The van der Waals surface area contributed by atoms with E-state index in [4.69, 9.17) is 4.98 Å². The van der Waals surface area contributed by atoms with E-state index in [2.05, 4.69) is 15.3 Å². The van der Waals surface area contributed by atoms with Crippen molar-refractivity contribution < 1.29 is 9.59 Å². The maximum absolute atomic E-state index is 13.3. The van der Waals surface area contributed by atoms with Crippen molar-refractivity contribution in [3.05, 3.63) is 84.4 Å². The van der Waals surface area contributed by atoms with E-state index in [1.807, 2.05) is 72.5 Å². The van der Waals surface area contributed by atoms with Crippen LogP contribution in [-0.4, -0.2) is 55.6 Å². The summed E-state index contributed by atoms with van der Waals surface area (Å²) < 4.78 is 3.63. The molecule has 1 aliphatic heterocycles. The highest BCUT2D eigenvalue weighted by molar-refractivity contribution is 6.04. The lowest BCUT2D eigenvalue weighted by Gasteiger charge is -2.25. The first-order valence-corrected chi connectivity index (χ1v) is 13.3. The number of hydrogen-bond donors (Lipinski definition) is 1. The molecule has 196 valence electrons. The Morgan fingerprint density at radius 2 is 1.76 bits per heavy atom. The average molecular weight is 511 g/mol. The zero-order valence-electron chi connectivity index (χ0n) is 21.8. The summed E-state index contributed by atoms with van der Waals surface area (Å²) in [5, 5.41) is 7.23. The number of imidazole rings is 1. The third-order valence-corrected chi connectivity index (χ3v) is 6.92. The van der Waals surface area contributed by atoms with Gasteiger partial charge in [0, 0.05) is 42.7 Å². The lowest BCUT2D eigenvalue weighted by atomic mass is 10.1. The number of carbonyl (C=O) groups is 2. The van der Waals surface area contributed by atoms with Gasteiger partial charge in [0.2, 0.25) is 5.95 Å². The standard InChI is InChI=1S/C30H34N6O2/c1-34-20-25(19-31-34)23-10-8-11-24(18-23)29(38)33-30-32-26(21-36(30)27-13-4-2-5-14-27)12-9-15-28(37)22-35-16-6-3-7-17-35/h2,4-5,8,10-11,13-14,18-21H,3,6-7,9,12,15-17,22H2,1H3,(H,32,33,38). The number of nitrogens with zero attached hydrogens (tertiary/aromatic N) is 5. The summed E-state index contributed by atoms with van der Waals surface area (Å²) in [4.78, 5) is 32.8. The van der Waals surface area contributed by atoms with Crippen LogP contribution in [0.5, 0.6) is 0 Å². The zero-order chi connectivity index (χ0) is 26.3. The van der Waals surface area contributed by atoms with Crippen LogP contribution in [-0.2, 0) is 18.3 Å². The highest BCUT2D eigenvalue weighted by Crippen LogP contribution is 2.22. The first kappa shape index (κ1) is 25.6. The quantitative estimate of drug-likeness (QED) is 0.328. The summed E-state index contributed by atoms with van der Waals surface area (Å²) in [5.74, 6) is 0.515. The number of hydrogen-bond acceptors (Lipinski definition) is 5. The van der Waals surface area contributed by atoms with E-state index in [1.54, 1.807) is 16.9 Å². The molecule has 2 aromatic heterocycles. The van der Waals surface area contributed by atoms with Crippen LogP contribution >= 0.6 is 0 Å². The SMILES string of the molecule is Cn1cc(-c2cccc(C(=O)Nc3nc(CCCC(=O)CN4CCCCC4)cn3-c3ccccc3)c2)cn1. The highest BCUT2D eigenvalue weighted by Gasteiger charge is 2.17. The van der Waals surface area contributed by atoms with Gasteiger partial charge in [-0.15, -0.1) is 0 Å². The molecule has 1 amide bonds. The first-order valence-electron chi connectivity index (χ1n) is 13.3. The lowest BCUT2D eigenvalue weighted by Crippen LogP contribution is -2.34. The van der Waals surface area contributed by atoms with E-state index >= 15 is 0 Å². The van der Waals surface area contributed by atoms with Gasteiger partial charge in [-0.2, -0.15) is 5.10 Å². The average Bonchev–Trinajstić information content (AvgIpc) is 3.56. The van der Waals surface area contributed by atoms with E-state index in [-0.39, 0.29) is 11.7 Å². The predicted octanol–water partition coefficient (Wildman–Crippen LogP) is 4.90. The molecule has 0 spiro atoms. The Morgan fingerprint density at radius 1 is 0.947 bits per heavy atom. The number of nitrogens with one attached hydrogen (secondary N) is 1. The number of Topliss-reactive ketones (excluding diaryl/α,β-unsaturated/α-hetero) is 1. The normalized spacial score (nSPS) is 13.9. The first-order chi connectivity index (χ1) is 18.5. The Morgan fingerprint density at radius 3 is 2.53 bits per heavy atom. The monoisotopic (exact) mass is 510 g/mol. The maximum Gasteiger partial charge on any atom is 0.258 e. The molecule has 38 heavy (non-hydrogen) atoms. The number of benzene rings is 2. The molecule has 0 aliphatic carbocycles. The van der Waals surface area contributed by atoms with Crippen LogP contribution in [0.25, 0.3) is 16.8 Å². The summed E-state index contributed by atoms with van der Waals surface area (Å²) in [6.07, 6.45) is 11.2. The van der Waals surface area contributed by atoms with E-state index in [0.717, 1.165) is 42.0 Å². The van der Waals surface area contributed by atoms with Crippen LogP contribution in [0.3, 0.4) is 0 Å². The highest BCUT2D eigenvalue weighted by atomic mass is 16.2. The Balaban J connectivity index is 1.28. The van der Waals surface area contributed by atoms with Crippen LogP contribution < -0.4 is 5.32 Å². The molecule has 1 aliphatic rings. The summed E-state index contributed by atoms with van der Waals surface area (Å²) in [5.41, 5.74) is 4.17. The number of rotatable bonds is 10. The van der Waals surface area contributed by atoms with Crippen molar-refractivity contribution in [1.29, 1.82) is 0 Å². The molecule has 1 fully saturated rings. The van der Waals surface area contributed by atoms with E-state index < -0.39 is 0 Å². The van der Waals surface area contributed by atoms with Crippen LogP contribution in [0.15, 0.2) is 73.2 Å². The molecular weight excluding hydrogens is 476 g/mol. The molecule has 5 rings (SSSR count). The van der Waals surface area contributed by atoms with Crippen molar-refractivity contribution in [2.45, 2.75) is 38.5 Å². The Bertz CT molecular complexity index is 1380. The molecule has 4 aromatic rings. The predicted molar refractivity (Wildman–Crippen MR) is 148 cm³/mol. The Hall–Kier alpha value is -4.04.